The molecule has 0 unspecified atom stereocenters. The lowest BCUT2D eigenvalue weighted by atomic mass is 10.1. The summed E-state index contributed by atoms with van der Waals surface area (Å²) >= 11 is 2.39. The Balaban J connectivity index is 2.74. The van der Waals surface area contributed by atoms with Crippen molar-refractivity contribution in [2.24, 2.45) is 0 Å². The maximum Gasteiger partial charge on any atom is 0.176 e. The normalized spacial score (nSPS) is 18.0. The van der Waals surface area contributed by atoms with Crippen molar-refractivity contribution in [3.63, 3.8) is 0 Å². The molecule has 0 aliphatic heterocycles. The molecule has 0 saturated heterocycles. The van der Waals surface area contributed by atoms with E-state index in [1.807, 2.05) is 0 Å². The molecule has 1 aromatic rings. The molecule has 0 heterocycles. The molecular weight excluding hydrogens is 280 g/mol. The van der Waals surface area contributed by atoms with Gasteiger partial charge in [-0.05, 0) is 28.8 Å². The van der Waals surface area contributed by atoms with Gasteiger partial charge in [-0.2, -0.15) is 0 Å². The van der Waals surface area contributed by atoms with Gasteiger partial charge in [0.2, 0.25) is 0 Å². The molecule has 15 heavy (non-hydrogen) atoms. The summed E-state index contributed by atoms with van der Waals surface area (Å²) in [6.45, 7) is 0. The van der Waals surface area contributed by atoms with E-state index in [0.29, 0.717) is 0 Å². The Morgan fingerprint density at radius 1 is 0.933 bits per heavy atom. The van der Waals surface area contributed by atoms with Crippen molar-refractivity contribution in [3.8, 4) is 0 Å². The average molecular weight is 285 g/mol. The Bertz CT molecular complexity index is 413. The van der Waals surface area contributed by atoms with Gasteiger partial charge in [-0.15, -0.1) is 0 Å². The van der Waals surface area contributed by atoms with Crippen LogP contribution in [0.5, 0.6) is 0 Å². The standard InChI is InChI=1S/C9H5BrF4O/c10-4-7(13)5(11)3(6(12)8(4)14)9(15)1-2-9/h15H,1-2H2. The largest absolute Gasteiger partial charge is 0.385 e. The second-order valence-electron chi connectivity index (χ2n) is 3.48. The van der Waals surface area contributed by atoms with Crippen LogP contribution in [0.15, 0.2) is 4.47 Å². The SMILES string of the molecule is OC1(c2c(F)c(F)c(Br)c(F)c2F)CC1. The first-order chi connectivity index (χ1) is 6.88. The fourth-order valence-corrected chi connectivity index (χ4v) is 1.73. The predicted octanol–water partition coefficient (Wildman–Crippen LogP) is 2.99. The molecule has 1 N–H and O–H groups in total. The van der Waals surface area contributed by atoms with Crippen molar-refractivity contribution in [1.29, 1.82) is 0 Å². The molecule has 0 bridgehead atoms. The van der Waals surface area contributed by atoms with Crippen molar-refractivity contribution >= 4 is 15.9 Å². The molecule has 0 amide bonds. The Morgan fingerprint density at radius 3 is 1.67 bits per heavy atom. The van der Waals surface area contributed by atoms with Crippen LogP contribution in [0.25, 0.3) is 0 Å². The van der Waals surface area contributed by atoms with E-state index < -0.39 is 38.9 Å². The number of rotatable bonds is 1. The van der Waals surface area contributed by atoms with Gasteiger partial charge in [0, 0.05) is 0 Å². The van der Waals surface area contributed by atoms with Gasteiger partial charge in [0.25, 0.3) is 0 Å². The molecule has 1 fully saturated rings. The third kappa shape index (κ3) is 1.47. The maximum atomic E-state index is 13.3. The molecule has 1 nitrogen and oxygen atoms in total. The molecule has 1 aromatic carbocycles. The highest BCUT2D eigenvalue weighted by Crippen LogP contribution is 2.48. The number of hydrogen-bond acceptors (Lipinski definition) is 1. The molecule has 1 aliphatic carbocycles. The molecule has 0 aromatic heterocycles. The number of halogens is 5. The Morgan fingerprint density at radius 2 is 1.33 bits per heavy atom. The van der Waals surface area contributed by atoms with Gasteiger partial charge >= 0.3 is 0 Å². The third-order valence-electron chi connectivity index (χ3n) is 2.40. The van der Waals surface area contributed by atoms with Crippen LogP contribution in [0.2, 0.25) is 0 Å². The summed E-state index contributed by atoms with van der Waals surface area (Å²) < 4.78 is 51.7. The Hall–Kier alpha value is -0.620. The highest BCUT2D eigenvalue weighted by Gasteiger charge is 2.48. The van der Waals surface area contributed by atoms with Crippen LogP contribution in [-0.4, -0.2) is 5.11 Å². The fourth-order valence-electron chi connectivity index (χ4n) is 1.38. The van der Waals surface area contributed by atoms with Gasteiger partial charge in [-0.1, -0.05) is 0 Å². The minimum absolute atomic E-state index is 0.0986. The number of aliphatic hydroxyl groups is 1. The second-order valence-corrected chi connectivity index (χ2v) is 4.27. The van der Waals surface area contributed by atoms with Crippen LogP contribution < -0.4 is 0 Å². The predicted molar refractivity (Wildman–Crippen MR) is 47.1 cm³/mol. The topological polar surface area (TPSA) is 20.2 Å². The number of hydrogen-bond donors (Lipinski definition) is 1. The van der Waals surface area contributed by atoms with E-state index in [2.05, 4.69) is 15.9 Å². The quantitative estimate of drug-likeness (QED) is 0.478. The average Bonchev–Trinajstić information content (AvgIpc) is 2.91. The molecule has 0 spiro atoms. The van der Waals surface area contributed by atoms with E-state index in [4.69, 9.17) is 0 Å². The van der Waals surface area contributed by atoms with Crippen molar-refractivity contribution in [2.75, 3.05) is 0 Å². The van der Waals surface area contributed by atoms with E-state index in [-0.39, 0.29) is 12.8 Å². The smallest absolute Gasteiger partial charge is 0.176 e. The zero-order chi connectivity index (χ0) is 11.4. The van der Waals surface area contributed by atoms with E-state index in [1.165, 1.54) is 0 Å². The molecule has 0 radical (unpaired) electrons. The van der Waals surface area contributed by atoms with Crippen LogP contribution in [0, 0.1) is 23.3 Å². The monoisotopic (exact) mass is 284 g/mol. The first kappa shape index (κ1) is 10.9. The summed E-state index contributed by atoms with van der Waals surface area (Å²) in [5.74, 6) is -6.13. The van der Waals surface area contributed by atoms with Crippen LogP contribution in [-0.2, 0) is 5.60 Å². The van der Waals surface area contributed by atoms with Gasteiger partial charge in [0.05, 0.1) is 15.6 Å². The molecule has 2 rings (SSSR count). The summed E-state index contributed by atoms with van der Waals surface area (Å²) in [4.78, 5) is 0. The van der Waals surface area contributed by atoms with E-state index in [1.54, 1.807) is 0 Å². The first-order valence-electron chi connectivity index (χ1n) is 4.13. The maximum absolute atomic E-state index is 13.3. The highest BCUT2D eigenvalue weighted by molar-refractivity contribution is 9.10. The molecule has 6 heteroatoms. The van der Waals surface area contributed by atoms with Crippen molar-refractivity contribution in [1.82, 2.24) is 0 Å². The van der Waals surface area contributed by atoms with E-state index in [9.17, 15) is 22.7 Å². The van der Waals surface area contributed by atoms with Crippen LogP contribution in [0.3, 0.4) is 0 Å². The lowest BCUT2D eigenvalue weighted by Gasteiger charge is -2.12. The highest BCUT2D eigenvalue weighted by atomic mass is 79.9. The Kier molecular flexibility index (Phi) is 2.31. The summed E-state index contributed by atoms with van der Waals surface area (Å²) in [5.41, 5.74) is -2.67. The molecular formula is C9H5BrF4O. The zero-order valence-electron chi connectivity index (χ0n) is 7.25. The third-order valence-corrected chi connectivity index (χ3v) is 3.09. The minimum atomic E-state index is -1.75. The van der Waals surface area contributed by atoms with Crippen LogP contribution >= 0.6 is 15.9 Å². The second kappa shape index (κ2) is 3.18. The van der Waals surface area contributed by atoms with Crippen LogP contribution in [0.1, 0.15) is 18.4 Å². The van der Waals surface area contributed by atoms with E-state index in [0.717, 1.165) is 0 Å². The zero-order valence-corrected chi connectivity index (χ0v) is 8.84. The van der Waals surface area contributed by atoms with Crippen LogP contribution in [0.4, 0.5) is 17.6 Å². The fraction of sp³-hybridized carbons (Fsp3) is 0.333. The van der Waals surface area contributed by atoms with Gasteiger partial charge in [0.1, 0.15) is 0 Å². The van der Waals surface area contributed by atoms with Crippen molar-refractivity contribution < 1.29 is 22.7 Å². The molecule has 1 aliphatic rings. The van der Waals surface area contributed by atoms with Crippen molar-refractivity contribution in [3.05, 3.63) is 33.3 Å². The lowest BCUT2D eigenvalue weighted by molar-refractivity contribution is 0.138. The van der Waals surface area contributed by atoms with E-state index >= 15 is 0 Å². The van der Waals surface area contributed by atoms with Crippen molar-refractivity contribution in [2.45, 2.75) is 18.4 Å². The van der Waals surface area contributed by atoms with Gasteiger partial charge < -0.3 is 5.11 Å². The lowest BCUT2D eigenvalue weighted by Crippen LogP contribution is -2.14. The Labute approximate surface area is 90.8 Å². The number of benzene rings is 1. The summed E-state index contributed by atoms with van der Waals surface area (Å²) in [6, 6.07) is 0. The molecule has 1 saturated carbocycles. The molecule has 82 valence electrons. The summed E-state index contributed by atoms with van der Waals surface area (Å²) in [5, 5.41) is 9.47. The summed E-state index contributed by atoms with van der Waals surface area (Å²) in [7, 11) is 0. The van der Waals surface area contributed by atoms with Gasteiger partial charge in [-0.3, -0.25) is 0 Å². The summed E-state index contributed by atoms with van der Waals surface area (Å²) in [6.07, 6.45) is 0.197. The minimum Gasteiger partial charge on any atom is -0.385 e. The van der Waals surface area contributed by atoms with Gasteiger partial charge in [-0.25, -0.2) is 17.6 Å². The van der Waals surface area contributed by atoms with Gasteiger partial charge in [0.15, 0.2) is 23.3 Å². The molecule has 0 atom stereocenters. The first-order valence-corrected chi connectivity index (χ1v) is 4.92.